The molecule has 1 aromatic rings. The van der Waals surface area contributed by atoms with Crippen molar-refractivity contribution in [2.24, 2.45) is 0 Å². The Morgan fingerprint density at radius 3 is 2.41 bits per heavy atom. The molecule has 1 rings (SSSR count). The van der Waals surface area contributed by atoms with E-state index in [4.69, 9.17) is 19.3 Å². The molecule has 0 amide bonds. The van der Waals surface area contributed by atoms with E-state index in [1.807, 2.05) is 0 Å². The van der Waals surface area contributed by atoms with Crippen LogP contribution in [0.2, 0.25) is 0 Å². The maximum Gasteiger partial charge on any atom is 0.341 e. The van der Waals surface area contributed by atoms with E-state index in [0.29, 0.717) is 29.0 Å². The molecule has 5 heteroatoms. The van der Waals surface area contributed by atoms with Crippen molar-refractivity contribution >= 4 is 5.97 Å². The summed E-state index contributed by atoms with van der Waals surface area (Å²) in [7, 11) is 4.29. The van der Waals surface area contributed by atoms with E-state index in [1.54, 1.807) is 12.1 Å². The molecule has 0 spiro atoms. The Balaban J connectivity index is 3.34. The topological polar surface area (TPSA) is 65.0 Å². The second-order valence-corrected chi connectivity index (χ2v) is 3.33. The molecule has 0 saturated heterocycles. The van der Waals surface area contributed by atoms with Gasteiger partial charge in [0, 0.05) is 12.7 Å². The summed E-state index contributed by atoms with van der Waals surface area (Å²) in [5.74, 6) is 0.450. The Hall–Kier alpha value is -1.75. The van der Waals surface area contributed by atoms with E-state index in [2.05, 4.69) is 0 Å². The van der Waals surface area contributed by atoms with Crippen LogP contribution < -0.4 is 9.47 Å². The second kappa shape index (κ2) is 6.10. The highest BCUT2D eigenvalue weighted by Gasteiger charge is 2.19. The first kappa shape index (κ1) is 13.3. The number of hydrogen-bond acceptors (Lipinski definition) is 5. The van der Waals surface area contributed by atoms with Crippen molar-refractivity contribution in [1.82, 2.24) is 0 Å². The Labute approximate surface area is 99.9 Å². The Morgan fingerprint density at radius 1 is 1.24 bits per heavy atom. The summed E-state index contributed by atoms with van der Waals surface area (Å²) in [5.41, 5.74) is 0.959. The molecule has 0 radical (unpaired) electrons. The predicted molar refractivity (Wildman–Crippen MR) is 61.7 cm³/mol. The summed E-state index contributed by atoms with van der Waals surface area (Å²) < 4.78 is 14.9. The van der Waals surface area contributed by atoms with Crippen LogP contribution in [0.15, 0.2) is 12.1 Å². The summed E-state index contributed by atoms with van der Waals surface area (Å²) in [6.07, 6.45) is 0.331. The standard InChI is InChI=1S/C12H16O5/c1-15-9-6-8(4-5-13)11(12(14)17-3)10(7-9)16-2/h6-7,13H,4-5H2,1-3H3. The molecule has 0 atom stereocenters. The highest BCUT2D eigenvalue weighted by molar-refractivity contribution is 5.94. The third-order valence-electron chi connectivity index (χ3n) is 2.38. The van der Waals surface area contributed by atoms with E-state index in [9.17, 15) is 4.79 Å². The van der Waals surface area contributed by atoms with Gasteiger partial charge in [-0.1, -0.05) is 0 Å². The molecule has 0 unspecified atom stereocenters. The number of esters is 1. The Bertz CT molecular complexity index is 400. The largest absolute Gasteiger partial charge is 0.497 e. The molecule has 0 aliphatic carbocycles. The summed E-state index contributed by atoms with van der Waals surface area (Å²) in [5, 5.41) is 8.99. The van der Waals surface area contributed by atoms with Gasteiger partial charge in [-0.05, 0) is 18.1 Å². The summed E-state index contributed by atoms with van der Waals surface area (Å²) in [4.78, 5) is 11.7. The number of hydrogen-bond donors (Lipinski definition) is 1. The molecule has 1 N–H and O–H groups in total. The number of rotatable bonds is 5. The van der Waals surface area contributed by atoms with Crippen molar-refractivity contribution < 1.29 is 24.1 Å². The van der Waals surface area contributed by atoms with E-state index >= 15 is 0 Å². The first-order valence-electron chi connectivity index (χ1n) is 5.12. The smallest absolute Gasteiger partial charge is 0.341 e. The number of aliphatic hydroxyl groups is 1. The number of carbonyl (C=O) groups is 1. The van der Waals surface area contributed by atoms with Crippen molar-refractivity contribution in [2.45, 2.75) is 6.42 Å². The van der Waals surface area contributed by atoms with Gasteiger partial charge in [-0.15, -0.1) is 0 Å². The van der Waals surface area contributed by atoms with E-state index in [1.165, 1.54) is 21.3 Å². The first-order valence-corrected chi connectivity index (χ1v) is 5.12. The van der Waals surface area contributed by atoms with Gasteiger partial charge >= 0.3 is 5.97 Å². The van der Waals surface area contributed by atoms with E-state index < -0.39 is 5.97 Å². The van der Waals surface area contributed by atoms with Crippen LogP contribution in [0.1, 0.15) is 15.9 Å². The molecule has 0 aliphatic heterocycles. The van der Waals surface area contributed by atoms with Gasteiger partial charge in [-0.25, -0.2) is 4.79 Å². The van der Waals surface area contributed by atoms with E-state index in [-0.39, 0.29) is 6.61 Å². The third kappa shape index (κ3) is 2.88. The molecule has 1 aromatic carbocycles. The quantitative estimate of drug-likeness (QED) is 0.778. The van der Waals surface area contributed by atoms with Crippen molar-refractivity contribution in [1.29, 1.82) is 0 Å². The van der Waals surface area contributed by atoms with Crippen molar-refractivity contribution in [2.75, 3.05) is 27.9 Å². The molecular weight excluding hydrogens is 224 g/mol. The zero-order chi connectivity index (χ0) is 12.8. The van der Waals surface area contributed by atoms with Crippen molar-refractivity contribution in [3.8, 4) is 11.5 Å². The lowest BCUT2D eigenvalue weighted by Gasteiger charge is -2.13. The monoisotopic (exact) mass is 240 g/mol. The lowest BCUT2D eigenvalue weighted by molar-refractivity contribution is 0.0595. The fraction of sp³-hybridized carbons (Fsp3) is 0.417. The normalized spacial score (nSPS) is 9.88. The third-order valence-corrected chi connectivity index (χ3v) is 2.38. The predicted octanol–water partition coefficient (Wildman–Crippen LogP) is 1.03. The number of methoxy groups -OCH3 is 3. The van der Waals surface area contributed by atoms with Gasteiger partial charge in [0.05, 0.1) is 21.3 Å². The molecule has 0 heterocycles. The molecule has 5 nitrogen and oxygen atoms in total. The van der Waals surface area contributed by atoms with Gasteiger partial charge in [0.25, 0.3) is 0 Å². The number of ether oxygens (including phenoxy) is 3. The van der Waals surface area contributed by atoms with Crippen molar-refractivity contribution in [3.05, 3.63) is 23.3 Å². The van der Waals surface area contributed by atoms with Gasteiger partial charge in [0.15, 0.2) is 0 Å². The highest BCUT2D eigenvalue weighted by atomic mass is 16.5. The maximum atomic E-state index is 11.7. The maximum absolute atomic E-state index is 11.7. The molecular formula is C12H16O5. The minimum absolute atomic E-state index is 0.0691. The second-order valence-electron chi connectivity index (χ2n) is 3.33. The van der Waals surface area contributed by atoms with Gasteiger partial charge in [0.2, 0.25) is 0 Å². The molecule has 0 bridgehead atoms. The van der Waals surface area contributed by atoms with Crippen LogP contribution in [0, 0.1) is 0 Å². The van der Waals surface area contributed by atoms with Crippen molar-refractivity contribution in [3.63, 3.8) is 0 Å². The van der Waals surface area contributed by atoms with Crippen LogP contribution in [0.4, 0.5) is 0 Å². The lowest BCUT2D eigenvalue weighted by atomic mass is 10.0. The van der Waals surface area contributed by atoms with Crippen LogP contribution in [0.5, 0.6) is 11.5 Å². The van der Waals surface area contributed by atoms with E-state index in [0.717, 1.165) is 0 Å². The van der Waals surface area contributed by atoms with Crippen LogP contribution in [-0.2, 0) is 11.2 Å². The minimum atomic E-state index is -0.493. The first-order chi connectivity index (χ1) is 8.17. The van der Waals surface area contributed by atoms with Crippen LogP contribution >= 0.6 is 0 Å². The zero-order valence-electron chi connectivity index (χ0n) is 10.1. The SMILES string of the molecule is COC(=O)c1c(CCO)cc(OC)cc1OC. The Kier molecular flexibility index (Phi) is 4.78. The van der Waals surface area contributed by atoms with Gasteiger partial charge < -0.3 is 19.3 Å². The lowest BCUT2D eigenvalue weighted by Crippen LogP contribution is -2.10. The fourth-order valence-electron chi connectivity index (χ4n) is 1.58. The molecule has 0 aromatic heterocycles. The van der Waals surface area contributed by atoms with Gasteiger partial charge in [-0.2, -0.15) is 0 Å². The highest BCUT2D eigenvalue weighted by Crippen LogP contribution is 2.29. The summed E-state index contributed by atoms with van der Waals surface area (Å²) in [6, 6.07) is 3.29. The summed E-state index contributed by atoms with van der Waals surface area (Å²) >= 11 is 0. The Morgan fingerprint density at radius 2 is 1.94 bits per heavy atom. The minimum Gasteiger partial charge on any atom is -0.497 e. The van der Waals surface area contributed by atoms with Gasteiger partial charge in [0.1, 0.15) is 17.1 Å². The average Bonchev–Trinajstić information content (AvgIpc) is 2.37. The number of carbonyl (C=O) groups excluding carboxylic acids is 1. The zero-order valence-corrected chi connectivity index (χ0v) is 10.1. The fourth-order valence-corrected chi connectivity index (χ4v) is 1.58. The molecule has 0 aliphatic rings. The van der Waals surface area contributed by atoms with Crippen LogP contribution in [0.25, 0.3) is 0 Å². The number of aliphatic hydroxyl groups excluding tert-OH is 1. The molecule has 0 fully saturated rings. The van der Waals surface area contributed by atoms with Crippen LogP contribution in [-0.4, -0.2) is 39.0 Å². The molecule has 17 heavy (non-hydrogen) atoms. The summed E-state index contributed by atoms with van der Waals surface area (Å²) in [6.45, 7) is -0.0691. The molecule has 0 saturated carbocycles. The van der Waals surface area contributed by atoms with Gasteiger partial charge in [-0.3, -0.25) is 0 Å². The molecule has 94 valence electrons. The average molecular weight is 240 g/mol. The van der Waals surface area contributed by atoms with Crippen LogP contribution in [0.3, 0.4) is 0 Å². The number of benzene rings is 1.